The molecule has 3 nitrogen and oxygen atoms in total. The lowest BCUT2D eigenvalue weighted by atomic mass is 10.0. The van der Waals surface area contributed by atoms with Crippen LogP contribution in [0.4, 0.5) is 5.69 Å². The summed E-state index contributed by atoms with van der Waals surface area (Å²) in [4.78, 5) is 12.2. The van der Waals surface area contributed by atoms with Crippen molar-refractivity contribution in [1.82, 2.24) is 0 Å². The van der Waals surface area contributed by atoms with Crippen LogP contribution in [-0.2, 0) is 17.6 Å². The molecule has 1 amide bonds. The molecule has 2 aromatic rings. The number of rotatable bonds is 6. The number of carbonyl (C=O) groups is 1. The van der Waals surface area contributed by atoms with Crippen molar-refractivity contribution in [2.24, 2.45) is 0 Å². The van der Waals surface area contributed by atoms with Crippen molar-refractivity contribution >= 4 is 39.1 Å². The number of aryl methyl sites for hydroxylation is 2. The lowest BCUT2D eigenvalue weighted by molar-refractivity contribution is -0.118. The zero-order valence-electron chi connectivity index (χ0n) is 13.2. The molecule has 23 heavy (non-hydrogen) atoms. The Hall–Kier alpha value is -1.52. The summed E-state index contributed by atoms with van der Waals surface area (Å²) in [6.45, 7) is 4.06. The molecular weight excluding hydrogens is 378 g/mol. The van der Waals surface area contributed by atoms with Gasteiger partial charge in [-0.15, -0.1) is 0 Å². The van der Waals surface area contributed by atoms with E-state index >= 15 is 0 Å². The van der Waals surface area contributed by atoms with Gasteiger partial charge in [0.25, 0.3) is 5.91 Å². The van der Waals surface area contributed by atoms with E-state index in [-0.39, 0.29) is 12.5 Å². The van der Waals surface area contributed by atoms with Gasteiger partial charge in [0.2, 0.25) is 0 Å². The van der Waals surface area contributed by atoms with Crippen molar-refractivity contribution in [3.63, 3.8) is 0 Å². The van der Waals surface area contributed by atoms with Gasteiger partial charge in [0.15, 0.2) is 6.61 Å². The third kappa shape index (κ3) is 4.72. The number of carbonyl (C=O) groups excluding carboxylic acids is 1. The molecule has 0 unspecified atom stereocenters. The molecule has 0 saturated carbocycles. The number of benzene rings is 2. The monoisotopic (exact) mass is 395 g/mol. The van der Waals surface area contributed by atoms with Gasteiger partial charge < -0.3 is 10.1 Å². The molecule has 2 aromatic carbocycles. The van der Waals surface area contributed by atoms with Crippen LogP contribution in [0.2, 0.25) is 5.02 Å². The number of hydrogen-bond donors (Lipinski definition) is 1. The molecule has 0 bridgehead atoms. The minimum absolute atomic E-state index is 0.0808. The first-order valence-electron chi connectivity index (χ1n) is 7.53. The summed E-state index contributed by atoms with van der Waals surface area (Å²) in [6.07, 6.45) is 1.73. The van der Waals surface area contributed by atoms with E-state index in [0.29, 0.717) is 10.8 Å². The van der Waals surface area contributed by atoms with Gasteiger partial charge in [-0.1, -0.05) is 59.6 Å². The average molecular weight is 397 g/mol. The van der Waals surface area contributed by atoms with E-state index in [4.69, 9.17) is 16.3 Å². The Labute approximate surface area is 150 Å². The maximum atomic E-state index is 12.2. The van der Waals surface area contributed by atoms with E-state index in [9.17, 15) is 4.79 Å². The molecule has 2 rings (SSSR count). The molecule has 0 heterocycles. The van der Waals surface area contributed by atoms with Crippen molar-refractivity contribution in [2.45, 2.75) is 26.7 Å². The molecule has 0 radical (unpaired) electrons. The molecule has 0 saturated heterocycles. The first kappa shape index (κ1) is 17.8. The molecule has 5 heteroatoms. The van der Waals surface area contributed by atoms with Crippen molar-refractivity contribution in [3.05, 3.63) is 57.0 Å². The highest BCUT2D eigenvalue weighted by Crippen LogP contribution is 2.28. The van der Waals surface area contributed by atoms with Crippen LogP contribution in [0.1, 0.15) is 25.0 Å². The maximum Gasteiger partial charge on any atom is 0.262 e. The number of halogens is 2. The van der Waals surface area contributed by atoms with Crippen LogP contribution in [0.25, 0.3) is 0 Å². The zero-order valence-corrected chi connectivity index (χ0v) is 15.5. The topological polar surface area (TPSA) is 38.3 Å². The van der Waals surface area contributed by atoms with Crippen molar-refractivity contribution < 1.29 is 9.53 Å². The Balaban J connectivity index is 2.05. The molecule has 0 aliphatic heterocycles. The normalized spacial score (nSPS) is 10.4. The van der Waals surface area contributed by atoms with Crippen LogP contribution in [-0.4, -0.2) is 12.5 Å². The molecular formula is C18H19BrClNO2. The van der Waals surface area contributed by atoms with Crippen molar-refractivity contribution in [3.8, 4) is 5.75 Å². The van der Waals surface area contributed by atoms with Crippen molar-refractivity contribution in [2.75, 3.05) is 11.9 Å². The summed E-state index contributed by atoms with van der Waals surface area (Å²) in [5, 5.41) is 3.43. The first-order chi connectivity index (χ1) is 11.0. The Bertz CT molecular complexity index is 681. The molecule has 122 valence electrons. The Morgan fingerprint density at radius 3 is 2.39 bits per heavy atom. The highest BCUT2D eigenvalue weighted by Gasteiger charge is 2.11. The van der Waals surface area contributed by atoms with Crippen LogP contribution >= 0.6 is 27.5 Å². The maximum absolute atomic E-state index is 12.2. The minimum Gasteiger partial charge on any atom is -0.482 e. The SMILES string of the molecule is CCc1cccc(CC)c1NC(=O)COc1ccc(Br)cc1Cl. The predicted octanol–water partition coefficient (Wildman–Crippen LogP) is 5.24. The van der Waals surface area contributed by atoms with E-state index in [1.54, 1.807) is 12.1 Å². The third-order valence-corrected chi connectivity index (χ3v) is 4.30. The average Bonchev–Trinajstić information content (AvgIpc) is 2.54. The van der Waals surface area contributed by atoms with Gasteiger partial charge >= 0.3 is 0 Å². The first-order valence-corrected chi connectivity index (χ1v) is 8.70. The smallest absolute Gasteiger partial charge is 0.262 e. The molecule has 0 aromatic heterocycles. The molecule has 0 atom stereocenters. The highest BCUT2D eigenvalue weighted by atomic mass is 79.9. The van der Waals surface area contributed by atoms with Crippen LogP contribution < -0.4 is 10.1 Å². The second kappa shape index (κ2) is 8.37. The van der Waals surface area contributed by atoms with E-state index < -0.39 is 0 Å². The van der Waals surface area contributed by atoms with Crippen LogP contribution in [0.15, 0.2) is 40.9 Å². The third-order valence-electron chi connectivity index (χ3n) is 3.52. The second-order valence-electron chi connectivity index (χ2n) is 5.07. The molecule has 0 fully saturated rings. The number of ether oxygens (including phenoxy) is 1. The zero-order chi connectivity index (χ0) is 16.8. The number of amides is 1. The second-order valence-corrected chi connectivity index (χ2v) is 6.39. The van der Waals surface area contributed by atoms with Gasteiger partial charge in [0, 0.05) is 10.2 Å². The summed E-state index contributed by atoms with van der Waals surface area (Å²) < 4.78 is 6.37. The van der Waals surface area contributed by atoms with Crippen molar-refractivity contribution in [1.29, 1.82) is 0 Å². The van der Waals surface area contributed by atoms with Gasteiger partial charge in [0.1, 0.15) is 5.75 Å². The number of anilines is 1. The standard InChI is InChI=1S/C18H19BrClNO2/c1-3-12-6-5-7-13(4-2)18(12)21-17(22)11-23-16-9-8-14(19)10-15(16)20/h5-10H,3-4,11H2,1-2H3,(H,21,22). The van der Waals surface area contributed by atoms with E-state index in [1.165, 1.54) is 0 Å². The lowest BCUT2D eigenvalue weighted by Gasteiger charge is -2.15. The summed E-state index contributed by atoms with van der Waals surface area (Å²) in [6, 6.07) is 11.4. The van der Waals surface area contributed by atoms with Gasteiger partial charge in [0.05, 0.1) is 5.02 Å². The largest absolute Gasteiger partial charge is 0.482 e. The number of para-hydroxylation sites is 1. The van der Waals surface area contributed by atoms with E-state index in [1.807, 2.05) is 24.3 Å². The van der Waals surface area contributed by atoms with Gasteiger partial charge in [-0.05, 0) is 42.2 Å². The minimum atomic E-state index is -0.195. The molecule has 0 spiro atoms. The van der Waals surface area contributed by atoms with Crippen LogP contribution in [0.3, 0.4) is 0 Å². The lowest BCUT2D eigenvalue weighted by Crippen LogP contribution is -2.21. The highest BCUT2D eigenvalue weighted by molar-refractivity contribution is 9.10. The van der Waals surface area contributed by atoms with Gasteiger partial charge in [-0.25, -0.2) is 0 Å². The van der Waals surface area contributed by atoms with Gasteiger partial charge in [-0.2, -0.15) is 0 Å². The van der Waals surface area contributed by atoms with E-state index in [0.717, 1.165) is 34.1 Å². The molecule has 1 N–H and O–H groups in total. The van der Waals surface area contributed by atoms with Crippen LogP contribution in [0, 0.1) is 0 Å². The quantitative estimate of drug-likeness (QED) is 0.724. The fourth-order valence-electron chi connectivity index (χ4n) is 2.31. The Morgan fingerprint density at radius 2 is 1.83 bits per heavy atom. The fourth-order valence-corrected chi connectivity index (χ4v) is 3.04. The summed E-state index contributed by atoms with van der Waals surface area (Å²) >= 11 is 9.41. The summed E-state index contributed by atoms with van der Waals surface area (Å²) in [5.74, 6) is 0.295. The Morgan fingerprint density at radius 1 is 1.17 bits per heavy atom. The number of nitrogens with one attached hydrogen (secondary N) is 1. The van der Waals surface area contributed by atoms with E-state index in [2.05, 4.69) is 35.1 Å². The van der Waals surface area contributed by atoms with Gasteiger partial charge in [-0.3, -0.25) is 4.79 Å². The molecule has 0 aliphatic rings. The molecule has 0 aliphatic carbocycles. The summed E-state index contributed by atoms with van der Waals surface area (Å²) in [5.41, 5.74) is 3.15. The predicted molar refractivity (Wildman–Crippen MR) is 98.5 cm³/mol. The summed E-state index contributed by atoms with van der Waals surface area (Å²) in [7, 11) is 0. The van der Waals surface area contributed by atoms with Crippen LogP contribution in [0.5, 0.6) is 5.75 Å². The fraction of sp³-hybridized carbons (Fsp3) is 0.278. The number of hydrogen-bond acceptors (Lipinski definition) is 2. The Kier molecular flexibility index (Phi) is 6.48.